The summed E-state index contributed by atoms with van der Waals surface area (Å²) in [6, 6.07) is 15.8. The van der Waals surface area contributed by atoms with E-state index in [-0.39, 0.29) is 6.03 Å². The average Bonchev–Trinajstić information content (AvgIpc) is 2.44. The highest BCUT2D eigenvalue weighted by molar-refractivity contribution is 14.1. The molecule has 104 valence electrons. The van der Waals surface area contributed by atoms with Gasteiger partial charge in [0.15, 0.2) is 0 Å². The van der Waals surface area contributed by atoms with Crippen molar-refractivity contribution in [3.8, 4) is 0 Å². The Bertz CT molecular complexity index is 599. The molecule has 0 aliphatic carbocycles. The smallest absolute Gasteiger partial charge is 0.321 e. The minimum absolute atomic E-state index is 0.103. The lowest BCUT2D eigenvalue weighted by Gasteiger charge is -2.18. The normalized spacial score (nSPS) is 10.2. The van der Waals surface area contributed by atoms with E-state index >= 15 is 0 Å². The predicted molar refractivity (Wildman–Crippen MR) is 90.8 cm³/mol. The zero-order chi connectivity index (χ0) is 14.5. The van der Waals surface area contributed by atoms with Crippen LogP contribution in [0.3, 0.4) is 0 Å². The number of anilines is 1. The summed E-state index contributed by atoms with van der Waals surface area (Å²) < 4.78 is 1.14. The third kappa shape index (κ3) is 3.96. The van der Waals surface area contributed by atoms with E-state index < -0.39 is 0 Å². The summed E-state index contributed by atoms with van der Waals surface area (Å²) >= 11 is 2.27. The number of benzene rings is 2. The largest absolute Gasteiger partial charge is 0.323 e. The molecular formula is C16H17IN2O. The number of aryl methyl sites for hydroxylation is 1. The first-order valence-corrected chi connectivity index (χ1v) is 7.46. The van der Waals surface area contributed by atoms with Crippen molar-refractivity contribution in [2.24, 2.45) is 0 Å². The zero-order valence-corrected chi connectivity index (χ0v) is 13.7. The number of carbonyl (C=O) groups excluding carboxylic acids is 1. The van der Waals surface area contributed by atoms with Crippen LogP contribution >= 0.6 is 22.6 Å². The molecule has 20 heavy (non-hydrogen) atoms. The fourth-order valence-electron chi connectivity index (χ4n) is 1.82. The number of amides is 2. The fourth-order valence-corrected chi connectivity index (χ4v) is 2.33. The highest BCUT2D eigenvalue weighted by Gasteiger charge is 2.09. The topological polar surface area (TPSA) is 32.3 Å². The van der Waals surface area contributed by atoms with Crippen molar-refractivity contribution >= 4 is 34.3 Å². The summed E-state index contributed by atoms with van der Waals surface area (Å²) in [5.74, 6) is 0. The molecule has 0 aliphatic rings. The van der Waals surface area contributed by atoms with Crippen molar-refractivity contribution in [3.63, 3.8) is 0 Å². The molecular weight excluding hydrogens is 363 g/mol. The SMILES string of the molecule is Cc1ccc(NC(=O)N(C)Cc2ccccc2)cc1I. The van der Waals surface area contributed by atoms with Crippen LogP contribution in [-0.4, -0.2) is 18.0 Å². The van der Waals surface area contributed by atoms with Crippen molar-refractivity contribution in [3.05, 3.63) is 63.2 Å². The maximum Gasteiger partial charge on any atom is 0.321 e. The number of hydrogen-bond acceptors (Lipinski definition) is 1. The maximum absolute atomic E-state index is 12.1. The molecule has 2 amide bonds. The van der Waals surface area contributed by atoms with Crippen molar-refractivity contribution in [1.29, 1.82) is 0 Å². The number of hydrogen-bond donors (Lipinski definition) is 1. The molecule has 0 saturated heterocycles. The van der Waals surface area contributed by atoms with Gasteiger partial charge >= 0.3 is 6.03 Å². The predicted octanol–water partition coefficient (Wildman–Crippen LogP) is 4.26. The summed E-state index contributed by atoms with van der Waals surface area (Å²) in [6.07, 6.45) is 0. The van der Waals surface area contributed by atoms with E-state index in [0.717, 1.165) is 14.8 Å². The second-order valence-corrected chi connectivity index (χ2v) is 5.90. The molecule has 0 saturated carbocycles. The highest BCUT2D eigenvalue weighted by atomic mass is 127. The molecule has 0 spiro atoms. The van der Waals surface area contributed by atoms with Crippen LogP contribution in [0.15, 0.2) is 48.5 Å². The van der Waals surface area contributed by atoms with Crippen molar-refractivity contribution in [2.45, 2.75) is 13.5 Å². The number of rotatable bonds is 3. The molecule has 2 rings (SSSR count). The van der Waals surface area contributed by atoms with Crippen LogP contribution in [0.25, 0.3) is 0 Å². The molecule has 0 aromatic heterocycles. The van der Waals surface area contributed by atoms with Crippen LogP contribution in [0.4, 0.5) is 10.5 Å². The Morgan fingerprint density at radius 3 is 2.55 bits per heavy atom. The van der Waals surface area contributed by atoms with Crippen molar-refractivity contribution in [2.75, 3.05) is 12.4 Å². The summed E-state index contributed by atoms with van der Waals surface area (Å²) in [7, 11) is 1.79. The minimum atomic E-state index is -0.103. The number of halogens is 1. The summed E-state index contributed by atoms with van der Waals surface area (Å²) in [6.45, 7) is 2.64. The molecule has 4 heteroatoms. The monoisotopic (exact) mass is 380 g/mol. The number of nitrogens with one attached hydrogen (secondary N) is 1. The first-order chi connectivity index (χ1) is 9.56. The standard InChI is InChI=1S/C16H17IN2O/c1-12-8-9-14(10-15(12)17)18-16(20)19(2)11-13-6-4-3-5-7-13/h3-10H,11H2,1-2H3,(H,18,20). The van der Waals surface area contributed by atoms with E-state index in [1.807, 2.05) is 48.5 Å². The van der Waals surface area contributed by atoms with E-state index in [1.54, 1.807) is 11.9 Å². The van der Waals surface area contributed by atoms with Crippen LogP contribution in [-0.2, 0) is 6.54 Å². The lowest BCUT2D eigenvalue weighted by molar-refractivity contribution is 0.220. The van der Waals surface area contributed by atoms with Crippen LogP contribution < -0.4 is 5.32 Å². The van der Waals surface area contributed by atoms with Gasteiger partial charge in [-0.1, -0.05) is 36.4 Å². The molecule has 3 nitrogen and oxygen atoms in total. The summed E-state index contributed by atoms with van der Waals surface area (Å²) in [5.41, 5.74) is 3.15. The Labute approximate surface area is 133 Å². The Morgan fingerprint density at radius 2 is 1.90 bits per heavy atom. The molecule has 1 N–H and O–H groups in total. The Hall–Kier alpha value is -1.56. The number of urea groups is 1. The lowest BCUT2D eigenvalue weighted by atomic mass is 10.2. The molecule has 0 atom stereocenters. The van der Waals surface area contributed by atoms with Crippen LogP contribution in [0, 0.1) is 10.5 Å². The minimum Gasteiger partial charge on any atom is -0.323 e. The van der Waals surface area contributed by atoms with Gasteiger partial charge in [-0.15, -0.1) is 0 Å². The van der Waals surface area contributed by atoms with Crippen LogP contribution in [0.5, 0.6) is 0 Å². The van der Waals surface area contributed by atoms with E-state index in [0.29, 0.717) is 6.54 Å². The van der Waals surface area contributed by atoms with Gasteiger partial charge in [0.1, 0.15) is 0 Å². The molecule has 0 heterocycles. The molecule has 2 aromatic carbocycles. The van der Waals surface area contributed by atoms with Crippen molar-refractivity contribution < 1.29 is 4.79 Å². The van der Waals surface area contributed by atoms with Crippen LogP contribution in [0.1, 0.15) is 11.1 Å². The average molecular weight is 380 g/mol. The van der Waals surface area contributed by atoms with Crippen molar-refractivity contribution in [1.82, 2.24) is 4.90 Å². The van der Waals surface area contributed by atoms with Gasteiger partial charge < -0.3 is 10.2 Å². The number of carbonyl (C=O) groups is 1. The van der Waals surface area contributed by atoms with Gasteiger partial charge in [0.25, 0.3) is 0 Å². The molecule has 2 aromatic rings. The molecule has 0 radical (unpaired) electrons. The van der Waals surface area contributed by atoms with Gasteiger partial charge in [-0.3, -0.25) is 0 Å². The molecule has 0 fully saturated rings. The zero-order valence-electron chi connectivity index (χ0n) is 11.6. The second-order valence-electron chi connectivity index (χ2n) is 4.74. The Kier molecular flexibility index (Phi) is 5.00. The quantitative estimate of drug-likeness (QED) is 0.793. The van der Waals surface area contributed by atoms with Gasteiger partial charge in [0.05, 0.1) is 0 Å². The first-order valence-electron chi connectivity index (χ1n) is 6.38. The van der Waals surface area contributed by atoms with Gasteiger partial charge in [-0.2, -0.15) is 0 Å². The third-order valence-corrected chi connectivity index (χ3v) is 4.19. The van der Waals surface area contributed by atoms with Gasteiger partial charge in [0.2, 0.25) is 0 Å². The Morgan fingerprint density at radius 1 is 1.20 bits per heavy atom. The molecule has 0 bridgehead atoms. The molecule has 0 unspecified atom stereocenters. The van der Waals surface area contributed by atoms with E-state index in [1.165, 1.54) is 5.56 Å². The fraction of sp³-hybridized carbons (Fsp3) is 0.188. The van der Waals surface area contributed by atoms with E-state index in [9.17, 15) is 4.79 Å². The number of nitrogens with zero attached hydrogens (tertiary/aromatic N) is 1. The third-order valence-electron chi connectivity index (χ3n) is 3.03. The Balaban J connectivity index is 1.99. The first kappa shape index (κ1) is 14.8. The van der Waals surface area contributed by atoms with E-state index in [4.69, 9.17) is 0 Å². The second kappa shape index (κ2) is 6.74. The van der Waals surface area contributed by atoms with Gasteiger partial charge in [-0.25, -0.2) is 4.79 Å². The molecule has 0 aliphatic heterocycles. The van der Waals surface area contributed by atoms with E-state index in [2.05, 4.69) is 34.8 Å². The highest BCUT2D eigenvalue weighted by Crippen LogP contribution is 2.17. The van der Waals surface area contributed by atoms with Gasteiger partial charge in [0, 0.05) is 22.8 Å². The summed E-state index contributed by atoms with van der Waals surface area (Å²) in [5, 5.41) is 2.91. The summed E-state index contributed by atoms with van der Waals surface area (Å²) in [4.78, 5) is 13.8. The lowest BCUT2D eigenvalue weighted by Crippen LogP contribution is -2.30. The van der Waals surface area contributed by atoms with Crippen LogP contribution in [0.2, 0.25) is 0 Å². The van der Waals surface area contributed by atoms with Gasteiger partial charge in [-0.05, 0) is 52.8 Å². The maximum atomic E-state index is 12.1.